The van der Waals surface area contributed by atoms with E-state index in [9.17, 15) is 4.79 Å². The number of nitrogens with one attached hydrogen (secondary N) is 2. The van der Waals surface area contributed by atoms with E-state index in [-0.39, 0.29) is 18.3 Å². The van der Waals surface area contributed by atoms with Gasteiger partial charge in [-0.2, -0.15) is 0 Å². The third kappa shape index (κ3) is 6.24. The largest absolute Gasteiger partial charge is 0.497 e. The number of benzene rings is 2. The molecule has 0 saturated carbocycles. The molecule has 2 N–H and O–H groups in total. The van der Waals surface area contributed by atoms with Gasteiger partial charge in [0.25, 0.3) is 0 Å². The Balaban J connectivity index is 0.00000338. The summed E-state index contributed by atoms with van der Waals surface area (Å²) in [5.41, 5.74) is 2.89. The van der Waals surface area contributed by atoms with Crippen molar-refractivity contribution in [3.8, 4) is 11.5 Å². The molecule has 1 amide bonds. The maximum absolute atomic E-state index is 12.4. The first kappa shape index (κ1) is 21.8. The Labute approximate surface area is 161 Å². The SMILES string of the molecule is CCNCc1ccccc1NC(=O)CCc1cc(OC)ccc1OC.Cl. The van der Waals surface area contributed by atoms with Gasteiger partial charge in [0.15, 0.2) is 0 Å². The van der Waals surface area contributed by atoms with Gasteiger partial charge in [0.05, 0.1) is 14.2 Å². The minimum atomic E-state index is -0.0196. The fourth-order valence-corrected chi connectivity index (χ4v) is 2.59. The summed E-state index contributed by atoms with van der Waals surface area (Å²) in [7, 11) is 3.25. The highest BCUT2D eigenvalue weighted by Crippen LogP contribution is 2.25. The Kier molecular flexibility index (Phi) is 9.55. The number of amides is 1. The second-order valence-electron chi connectivity index (χ2n) is 5.66. The molecule has 0 fully saturated rings. The molecule has 142 valence electrons. The predicted octanol–water partition coefficient (Wildman–Crippen LogP) is 3.81. The number of rotatable bonds is 9. The summed E-state index contributed by atoms with van der Waals surface area (Å²) < 4.78 is 10.6. The van der Waals surface area contributed by atoms with Crippen molar-refractivity contribution in [1.82, 2.24) is 5.32 Å². The molecule has 5 nitrogen and oxygen atoms in total. The van der Waals surface area contributed by atoms with Crippen molar-refractivity contribution in [3.63, 3.8) is 0 Å². The minimum Gasteiger partial charge on any atom is -0.497 e. The van der Waals surface area contributed by atoms with Crippen LogP contribution in [-0.2, 0) is 17.8 Å². The predicted molar refractivity (Wildman–Crippen MR) is 108 cm³/mol. The van der Waals surface area contributed by atoms with Crippen LogP contribution in [0.4, 0.5) is 5.69 Å². The molecule has 0 spiro atoms. The molecule has 2 aromatic rings. The maximum atomic E-state index is 12.4. The van der Waals surface area contributed by atoms with Crippen LogP contribution in [0.25, 0.3) is 0 Å². The minimum absolute atomic E-state index is 0. The Morgan fingerprint density at radius 1 is 1.04 bits per heavy atom. The molecule has 0 saturated heterocycles. The number of anilines is 1. The van der Waals surface area contributed by atoms with Crippen LogP contribution in [0.5, 0.6) is 11.5 Å². The van der Waals surface area contributed by atoms with Crippen molar-refractivity contribution in [2.24, 2.45) is 0 Å². The molecule has 0 aliphatic rings. The van der Waals surface area contributed by atoms with Crippen molar-refractivity contribution in [1.29, 1.82) is 0 Å². The maximum Gasteiger partial charge on any atom is 0.224 e. The van der Waals surface area contributed by atoms with E-state index in [1.165, 1.54) is 0 Å². The highest BCUT2D eigenvalue weighted by atomic mass is 35.5. The van der Waals surface area contributed by atoms with E-state index in [4.69, 9.17) is 9.47 Å². The van der Waals surface area contributed by atoms with Crippen molar-refractivity contribution in [2.45, 2.75) is 26.3 Å². The van der Waals surface area contributed by atoms with Gasteiger partial charge in [-0.25, -0.2) is 0 Å². The smallest absolute Gasteiger partial charge is 0.224 e. The fraction of sp³-hybridized carbons (Fsp3) is 0.350. The lowest BCUT2D eigenvalue weighted by Gasteiger charge is -2.13. The summed E-state index contributed by atoms with van der Waals surface area (Å²) in [4.78, 5) is 12.4. The number of hydrogen-bond donors (Lipinski definition) is 2. The third-order valence-electron chi connectivity index (χ3n) is 3.97. The van der Waals surface area contributed by atoms with E-state index in [2.05, 4.69) is 17.6 Å². The normalized spacial score (nSPS) is 9.96. The molecule has 2 aromatic carbocycles. The van der Waals surface area contributed by atoms with E-state index in [0.717, 1.165) is 41.4 Å². The van der Waals surface area contributed by atoms with Crippen LogP contribution >= 0.6 is 12.4 Å². The van der Waals surface area contributed by atoms with Gasteiger partial charge >= 0.3 is 0 Å². The van der Waals surface area contributed by atoms with Gasteiger partial charge in [-0.15, -0.1) is 12.4 Å². The van der Waals surface area contributed by atoms with Crippen LogP contribution in [0.3, 0.4) is 0 Å². The highest BCUT2D eigenvalue weighted by Gasteiger charge is 2.10. The van der Waals surface area contributed by atoms with Gasteiger partial charge in [-0.3, -0.25) is 4.79 Å². The molecular formula is C20H27ClN2O3. The number of carbonyl (C=O) groups excluding carboxylic acids is 1. The second-order valence-corrected chi connectivity index (χ2v) is 5.66. The Hall–Kier alpha value is -2.24. The zero-order valence-corrected chi connectivity index (χ0v) is 16.3. The van der Waals surface area contributed by atoms with Crippen LogP contribution in [0.1, 0.15) is 24.5 Å². The standard InChI is InChI=1S/C20H26N2O3.ClH/c1-4-21-14-16-7-5-6-8-18(16)22-20(23)12-9-15-13-17(24-2)10-11-19(15)25-3;/h5-8,10-11,13,21H,4,9,12,14H2,1-3H3,(H,22,23);1H. The number of methoxy groups -OCH3 is 2. The van der Waals surface area contributed by atoms with Crippen LogP contribution < -0.4 is 20.1 Å². The molecule has 0 aliphatic carbocycles. The zero-order chi connectivity index (χ0) is 18.1. The number of para-hydroxylation sites is 1. The van der Waals surface area contributed by atoms with Crippen molar-refractivity contribution < 1.29 is 14.3 Å². The lowest BCUT2D eigenvalue weighted by Crippen LogP contribution is -2.17. The number of aryl methyl sites for hydroxylation is 1. The Morgan fingerprint density at radius 2 is 1.81 bits per heavy atom. The van der Waals surface area contributed by atoms with E-state index < -0.39 is 0 Å². The molecule has 0 unspecified atom stereocenters. The van der Waals surface area contributed by atoms with E-state index >= 15 is 0 Å². The summed E-state index contributed by atoms with van der Waals surface area (Å²) in [6.07, 6.45) is 0.959. The zero-order valence-electron chi connectivity index (χ0n) is 15.5. The fourth-order valence-electron chi connectivity index (χ4n) is 2.59. The molecule has 0 heterocycles. The van der Waals surface area contributed by atoms with Crippen LogP contribution in [0.15, 0.2) is 42.5 Å². The van der Waals surface area contributed by atoms with Gasteiger partial charge in [0.1, 0.15) is 11.5 Å². The molecule has 0 radical (unpaired) electrons. The lowest BCUT2D eigenvalue weighted by atomic mass is 10.1. The molecule has 0 bridgehead atoms. The molecule has 0 atom stereocenters. The second kappa shape index (κ2) is 11.4. The number of hydrogen-bond acceptors (Lipinski definition) is 4. The van der Waals surface area contributed by atoms with Crippen LogP contribution in [0, 0.1) is 0 Å². The summed E-state index contributed by atoms with van der Waals surface area (Å²) in [5, 5.41) is 6.29. The van der Waals surface area contributed by atoms with Gasteiger partial charge in [0, 0.05) is 18.7 Å². The average molecular weight is 379 g/mol. The lowest BCUT2D eigenvalue weighted by molar-refractivity contribution is -0.116. The van der Waals surface area contributed by atoms with Crippen molar-refractivity contribution in [2.75, 3.05) is 26.1 Å². The third-order valence-corrected chi connectivity index (χ3v) is 3.97. The van der Waals surface area contributed by atoms with Crippen LogP contribution in [-0.4, -0.2) is 26.7 Å². The first-order valence-electron chi connectivity index (χ1n) is 8.47. The number of halogens is 1. The van der Waals surface area contributed by atoms with Crippen molar-refractivity contribution in [3.05, 3.63) is 53.6 Å². The van der Waals surface area contributed by atoms with Gasteiger partial charge in [0.2, 0.25) is 5.91 Å². The first-order chi connectivity index (χ1) is 12.2. The number of carbonyl (C=O) groups is 1. The summed E-state index contributed by atoms with van der Waals surface area (Å²) in [6.45, 7) is 3.68. The van der Waals surface area contributed by atoms with Crippen molar-refractivity contribution >= 4 is 24.0 Å². The Morgan fingerprint density at radius 3 is 2.50 bits per heavy atom. The van der Waals surface area contributed by atoms with Gasteiger partial charge in [-0.05, 0) is 48.4 Å². The molecular weight excluding hydrogens is 352 g/mol. The van der Waals surface area contributed by atoms with E-state index in [1.807, 2.05) is 42.5 Å². The van der Waals surface area contributed by atoms with E-state index in [1.54, 1.807) is 14.2 Å². The molecule has 6 heteroatoms. The molecule has 0 aromatic heterocycles. The summed E-state index contributed by atoms with van der Waals surface area (Å²) in [5.74, 6) is 1.50. The quantitative estimate of drug-likeness (QED) is 0.696. The van der Waals surface area contributed by atoms with Crippen LogP contribution in [0.2, 0.25) is 0 Å². The van der Waals surface area contributed by atoms with Gasteiger partial charge < -0.3 is 20.1 Å². The summed E-state index contributed by atoms with van der Waals surface area (Å²) >= 11 is 0. The monoisotopic (exact) mass is 378 g/mol. The first-order valence-corrected chi connectivity index (χ1v) is 8.47. The topological polar surface area (TPSA) is 59.6 Å². The average Bonchev–Trinajstić information content (AvgIpc) is 2.65. The summed E-state index contributed by atoms with van der Waals surface area (Å²) in [6, 6.07) is 13.5. The molecule has 26 heavy (non-hydrogen) atoms. The van der Waals surface area contributed by atoms with Gasteiger partial charge in [-0.1, -0.05) is 25.1 Å². The molecule has 0 aliphatic heterocycles. The van der Waals surface area contributed by atoms with E-state index in [0.29, 0.717) is 12.8 Å². The Bertz CT molecular complexity index is 707. The number of ether oxygens (including phenoxy) is 2. The highest BCUT2D eigenvalue weighted by molar-refractivity contribution is 5.91. The molecule has 2 rings (SSSR count).